The number of hydrogen-bond acceptors (Lipinski definition) is 15. The number of carbonyl (C=O) groups is 4. The number of ether oxygens (including phenoxy) is 4. The van der Waals surface area contributed by atoms with Gasteiger partial charge in [-0.3, -0.25) is 37.3 Å². The van der Waals surface area contributed by atoms with E-state index in [2.05, 4.69) is 55.4 Å². The zero-order valence-electron chi connectivity index (χ0n) is 60.9. The van der Waals surface area contributed by atoms with Crippen LogP contribution in [0.25, 0.3) is 0 Å². The lowest BCUT2D eigenvalue weighted by molar-refractivity contribution is -0.161. The second kappa shape index (κ2) is 63.5. The molecular weight excluding hydrogens is 1220 g/mol. The third-order valence-corrected chi connectivity index (χ3v) is 19.7. The van der Waals surface area contributed by atoms with Crippen LogP contribution < -0.4 is 0 Å². The summed E-state index contributed by atoms with van der Waals surface area (Å²) < 4.78 is 68.4. The molecule has 0 aromatic heterocycles. The molecule has 0 saturated heterocycles. The summed E-state index contributed by atoms with van der Waals surface area (Å²) >= 11 is 0. The maximum Gasteiger partial charge on any atom is 0.472 e. The summed E-state index contributed by atoms with van der Waals surface area (Å²) in [6.07, 6.45) is 47.2. The molecule has 0 spiro atoms. The van der Waals surface area contributed by atoms with Crippen molar-refractivity contribution in [2.24, 2.45) is 23.7 Å². The maximum atomic E-state index is 13.1. The largest absolute Gasteiger partial charge is 0.472 e. The summed E-state index contributed by atoms with van der Waals surface area (Å²) in [5.74, 6) is 0.938. The highest BCUT2D eigenvalue weighted by Crippen LogP contribution is 2.45. The van der Waals surface area contributed by atoms with Crippen LogP contribution in [-0.4, -0.2) is 96.7 Å². The van der Waals surface area contributed by atoms with Crippen molar-refractivity contribution in [1.82, 2.24) is 0 Å². The summed E-state index contributed by atoms with van der Waals surface area (Å²) in [5, 5.41) is 10.6. The van der Waals surface area contributed by atoms with Crippen LogP contribution in [0.2, 0.25) is 0 Å². The summed E-state index contributed by atoms with van der Waals surface area (Å²) in [6, 6.07) is 0. The van der Waals surface area contributed by atoms with Crippen molar-refractivity contribution in [1.29, 1.82) is 0 Å². The normalized spacial score (nSPS) is 14.8. The van der Waals surface area contributed by atoms with Gasteiger partial charge in [0.15, 0.2) is 12.2 Å². The monoisotopic (exact) mass is 1370 g/mol. The summed E-state index contributed by atoms with van der Waals surface area (Å²) in [6.45, 7) is 14.2. The average molecular weight is 1370 g/mol. The Morgan fingerprint density at radius 1 is 0.301 bits per heavy atom. The van der Waals surface area contributed by atoms with Crippen LogP contribution in [0.5, 0.6) is 0 Å². The molecule has 0 bridgehead atoms. The van der Waals surface area contributed by atoms with Gasteiger partial charge in [-0.2, -0.15) is 0 Å². The Bertz CT molecular complexity index is 1840. The minimum atomic E-state index is -4.96. The Kier molecular flexibility index (Phi) is 62.2. The number of hydrogen-bond donors (Lipinski definition) is 3. The van der Waals surface area contributed by atoms with Crippen molar-refractivity contribution in [2.45, 2.75) is 388 Å². The Morgan fingerprint density at radius 2 is 0.516 bits per heavy atom. The molecule has 0 rings (SSSR count). The van der Waals surface area contributed by atoms with Gasteiger partial charge in [-0.15, -0.1) is 0 Å². The van der Waals surface area contributed by atoms with Gasteiger partial charge >= 0.3 is 39.5 Å². The van der Waals surface area contributed by atoms with E-state index in [1.54, 1.807) is 0 Å². The van der Waals surface area contributed by atoms with Crippen molar-refractivity contribution in [2.75, 3.05) is 39.6 Å². The predicted octanol–water partition coefficient (Wildman–Crippen LogP) is 21.3. The van der Waals surface area contributed by atoms with Gasteiger partial charge in [0, 0.05) is 25.7 Å². The molecule has 0 amide bonds. The molecule has 17 nitrogen and oxygen atoms in total. The molecule has 4 unspecified atom stereocenters. The molecule has 0 saturated carbocycles. The van der Waals surface area contributed by atoms with Crippen LogP contribution in [0.1, 0.15) is 370 Å². The highest BCUT2D eigenvalue weighted by atomic mass is 31.2. The van der Waals surface area contributed by atoms with Gasteiger partial charge in [0.1, 0.15) is 19.3 Å². The fourth-order valence-corrected chi connectivity index (χ4v) is 12.7. The zero-order valence-corrected chi connectivity index (χ0v) is 62.7. The van der Waals surface area contributed by atoms with E-state index in [9.17, 15) is 43.2 Å². The van der Waals surface area contributed by atoms with Gasteiger partial charge in [-0.25, -0.2) is 9.13 Å². The van der Waals surface area contributed by atoms with Crippen LogP contribution >= 0.6 is 15.6 Å². The lowest BCUT2D eigenvalue weighted by atomic mass is 9.99. The van der Waals surface area contributed by atoms with Crippen LogP contribution in [0.4, 0.5) is 0 Å². The first-order valence-corrected chi connectivity index (χ1v) is 41.3. The third kappa shape index (κ3) is 65.8. The highest BCUT2D eigenvalue weighted by molar-refractivity contribution is 7.47. The number of phosphoric acid groups is 2. The van der Waals surface area contributed by atoms with E-state index >= 15 is 0 Å². The predicted molar refractivity (Wildman–Crippen MR) is 377 cm³/mol. The van der Waals surface area contributed by atoms with Crippen molar-refractivity contribution in [3.63, 3.8) is 0 Å². The van der Waals surface area contributed by atoms with Crippen LogP contribution in [0, 0.1) is 23.7 Å². The van der Waals surface area contributed by atoms with E-state index in [0.29, 0.717) is 25.7 Å². The number of unbranched alkanes of at least 4 members (excludes halogenated alkanes) is 35. The molecule has 93 heavy (non-hydrogen) atoms. The number of esters is 4. The molecule has 3 N–H and O–H groups in total. The number of rotatable bonds is 71. The van der Waals surface area contributed by atoms with Gasteiger partial charge in [-0.1, -0.05) is 319 Å². The van der Waals surface area contributed by atoms with Crippen molar-refractivity contribution in [3.8, 4) is 0 Å². The van der Waals surface area contributed by atoms with E-state index in [0.717, 1.165) is 120 Å². The standard InChI is InChI=1S/C74H144O17P2/c1-9-66(7)52-44-36-28-21-17-13-11-12-14-18-22-29-38-46-54-71(76)84-60-69(90-73(78)56-48-40-30-23-19-15-16-20-26-34-42-50-64(3)4)62-88-92(80,81)86-58-68(75)59-87-93(82,83)89-63-70(61-85-72(77)55-47-39-33-32-37-45-53-67(8)10-2)91-74(79)57-49-41-31-25-24-27-35-43-51-65(5)6/h64-70,75H,9-63H2,1-8H3,(H,80,81)(H,82,83)/t66?,67?,68-,69-,70-/m1/s1. The molecule has 552 valence electrons. The average Bonchev–Trinajstić information content (AvgIpc) is 1.87. The van der Waals surface area contributed by atoms with E-state index < -0.39 is 97.5 Å². The van der Waals surface area contributed by atoms with Crippen LogP contribution in [0.15, 0.2) is 0 Å². The molecule has 0 heterocycles. The Balaban J connectivity index is 5.24. The van der Waals surface area contributed by atoms with Gasteiger partial charge in [-0.05, 0) is 49.4 Å². The third-order valence-electron chi connectivity index (χ3n) is 17.8. The molecule has 0 aromatic rings. The van der Waals surface area contributed by atoms with E-state index in [1.165, 1.54) is 167 Å². The van der Waals surface area contributed by atoms with E-state index in [-0.39, 0.29) is 25.7 Å². The molecule has 0 aliphatic carbocycles. The van der Waals surface area contributed by atoms with Crippen LogP contribution in [-0.2, 0) is 65.4 Å². The molecule has 0 aliphatic heterocycles. The van der Waals surface area contributed by atoms with Gasteiger partial charge < -0.3 is 33.8 Å². The quantitative estimate of drug-likeness (QED) is 0.0222. The SMILES string of the molecule is CCC(C)CCCCCCCCCCCCCCCCC(=O)OC[C@H](COP(=O)(O)OC[C@@H](O)COP(=O)(O)OC[C@@H](COC(=O)CCCCCCCCC(C)CC)OC(=O)CCCCCCCCCCC(C)C)OC(=O)CCCCCCCCCCCCCC(C)C. The molecule has 7 atom stereocenters. The minimum Gasteiger partial charge on any atom is -0.462 e. The van der Waals surface area contributed by atoms with Crippen molar-refractivity contribution >= 4 is 39.5 Å². The van der Waals surface area contributed by atoms with E-state index in [4.69, 9.17) is 37.0 Å². The zero-order chi connectivity index (χ0) is 68.9. The first-order valence-electron chi connectivity index (χ1n) is 38.3. The molecule has 19 heteroatoms. The Labute approximate surface area is 568 Å². The topological polar surface area (TPSA) is 237 Å². The lowest BCUT2D eigenvalue weighted by Gasteiger charge is -2.21. The summed E-state index contributed by atoms with van der Waals surface area (Å²) in [5.41, 5.74) is 0. The highest BCUT2D eigenvalue weighted by Gasteiger charge is 2.30. The first kappa shape index (κ1) is 91.1. The number of carbonyl (C=O) groups excluding carboxylic acids is 4. The second-order valence-corrected chi connectivity index (χ2v) is 31.0. The summed E-state index contributed by atoms with van der Waals surface area (Å²) in [7, 11) is -9.91. The minimum absolute atomic E-state index is 0.103. The van der Waals surface area contributed by atoms with Gasteiger partial charge in [0.05, 0.1) is 26.4 Å². The molecule has 0 fully saturated rings. The van der Waals surface area contributed by atoms with Crippen LogP contribution in [0.3, 0.4) is 0 Å². The number of aliphatic hydroxyl groups excluding tert-OH is 1. The Hall–Kier alpha value is -1.94. The fourth-order valence-electron chi connectivity index (χ4n) is 11.1. The van der Waals surface area contributed by atoms with E-state index in [1.807, 2.05) is 0 Å². The molecule has 0 aromatic carbocycles. The molecule has 0 aliphatic rings. The summed E-state index contributed by atoms with van der Waals surface area (Å²) in [4.78, 5) is 72.7. The molecule has 0 radical (unpaired) electrons. The number of aliphatic hydroxyl groups is 1. The fraction of sp³-hybridized carbons (Fsp3) is 0.946. The lowest BCUT2D eigenvalue weighted by Crippen LogP contribution is -2.30. The van der Waals surface area contributed by atoms with Gasteiger partial charge in [0.25, 0.3) is 0 Å². The number of phosphoric ester groups is 2. The first-order chi connectivity index (χ1) is 44.7. The molecular formula is C74H144O17P2. The Morgan fingerprint density at radius 3 is 0.763 bits per heavy atom. The maximum absolute atomic E-state index is 13.1. The van der Waals surface area contributed by atoms with Crippen molar-refractivity contribution < 1.29 is 80.2 Å². The second-order valence-electron chi connectivity index (χ2n) is 28.1. The van der Waals surface area contributed by atoms with Gasteiger partial charge in [0.2, 0.25) is 0 Å². The van der Waals surface area contributed by atoms with Crippen molar-refractivity contribution in [3.05, 3.63) is 0 Å². The smallest absolute Gasteiger partial charge is 0.462 e.